The van der Waals surface area contributed by atoms with Crippen LogP contribution in [0.3, 0.4) is 0 Å². The van der Waals surface area contributed by atoms with Gasteiger partial charge in [-0.2, -0.15) is 5.26 Å². The number of hydrogen-bond acceptors (Lipinski definition) is 4. The van der Waals surface area contributed by atoms with E-state index in [2.05, 4.69) is 79.4 Å². The van der Waals surface area contributed by atoms with Gasteiger partial charge in [0.05, 0.1) is 25.5 Å². The van der Waals surface area contributed by atoms with Gasteiger partial charge in [0.2, 0.25) is 0 Å². The highest BCUT2D eigenvalue weighted by atomic mass is 16.5. The second-order valence-corrected chi connectivity index (χ2v) is 9.70. The number of hydrogen-bond donors (Lipinski definition) is 0. The van der Waals surface area contributed by atoms with Crippen LogP contribution in [0.1, 0.15) is 30.9 Å². The molecule has 0 unspecified atom stereocenters. The van der Waals surface area contributed by atoms with Crippen molar-refractivity contribution in [1.82, 2.24) is 0 Å². The molecular weight excluding hydrogens is 444 g/mol. The van der Waals surface area contributed by atoms with E-state index in [1.54, 1.807) is 14.2 Å². The smallest absolute Gasteiger partial charge is 0.161 e. The average Bonchev–Trinajstić information content (AvgIpc) is 2.92. The minimum Gasteiger partial charge on any atom is -0.493 e. The van der Waals surface area contributed by atoms with Gasteiger partial charge in [-0.3, -0.25) is 0 Å². The van der Waals surface area contributed by atoms with Gasteiger partial charge in [-0.05, 0) is 82.5 Å². The summed E-state index contributed by atoms with van der Waals surface area (Å²) in [6, 6.07) is 25.8. The molecule has 5 rings (SSSR count). The number of benzene rings is 4. The number of methoxy groups -OCH3 is 2. The first-order valence-corrected chi connectivity index (χ1v) is 12.6. The van der Waals surface area contributed by atoms with Crippen molar-refractivity contribution in [2.24, 2.45) is 5.92 Å². The summed E-state index contributed by atoms with van der Waals surface area (Å²) in [5.74, 6) is 2.08. The number of anilines is 1. The van der Waals surface area contributed by atoms with Crippen molar-refractivity contribution in [2.75, 3.05) is 32.2 Å². The van der Waals surface area contributed by atoms with Crippen LogP contribution in [-0.4, -0.2) is 27.3 Å². The lowest BCUT2D eigenvalue weighted by molar-refractivity contribution is 0.355. The topological polar surface area (TPSA) is 45.5 Å². The van der Waals surface area contributed by atoms with Crippen LogP contribution in [-0.2, 0) is 0 Å². The van der Waals surface area contributed by atoms with E-state index >= 15 is 0 Å². The van der Waals surface area contributed by atoms with Gasteiger partial charge in [0.25, 0.3) is 0 Å². The molecule has 0 amide bonds. The van der Waals surface area contributed by atoms with E-state index in [0.717, 1.165) is 70.9 Å². The number of ether oxygens (including phenoxy) is 2. The van der Waals surface area contributed by atoms with Gasteiger partial charge < -0.3 is 14.4 Å². The Morgan fingerprint density at radius 3 is 2.31 bits per heavy atom. The van der Waals surface area contributed by atoms with Gasteiger partial charge in [0, 0.05) is 13.1 Å². The fraction of sp³-hybridized carbons (Fsp3) is 0.281. The molecule has 4 heteroatoms. The van der Waals surface area contributed by atoms with Crippen molar-refractivity contribution in [3.05, 3.63) is 77.9 Å². The van der Waals surface area contributed by atoms with Crippen LogP contribution in [0.15, 0.2) is 66.7 Å². The Bertz CT molecular complexity index is 1450. The third-order valence-electron chi connectivity index (χ3n) is 7.54. The Kier molecular flexibility index (Phi) is 6.57. The van der Waals surface area contributed by atoms with Crippen LogP contribution in [0.2, 0.25) is 0 Å². The van der Waals surface area contributed by atoms with Crippen molar-refractivity contribution in [3.8, 4) is 39.8 Å². The number of nitriles is 1. The first-order chi connectivity index (χ1) is 17.5. The maximum atomic E-state index is 10.3. The van der Waals surface area contributed by atoms with E-state index < -0.39 is 0 Å². The van der Waals surface area contributed by atoms with Crippen LogP contribution in [0, 0.1) is 24.2 Å². The molecule has 0 atom stereocenters. The Balaban J connectivity index is 1.82. The number of fused-ring (bicyclic) bond motifs is 1. The summed E-state index contributed by atoms with van der Waals surface area (Å²) >= 11 is 0. The highest BCUT2D eigenvalue weighted by molar-refractivity contribution is 6.02. The third kappa shape index (κ3) is 4.16. The van der Waals surface area contributed by atoms with Gasteiger partial charge in [0.1, 0.15) is 6.07 Å². The maximum Gasteiger partial charge on any atom is 0.161 e. The molecule has 0 aliphatic carbocycles. The fourth-order valence-electron chi connectivity index (χ4n) is 5.48. The average molecular weight is 477 g/mol. The molecule has 4 aromatic carbocycles. The zero-order valence-electron chi connectivity index (χ0n) is 21.5. The standard InChI is InChI=1S/C32H32N2O2/c1-21-14-16-34(17-15-21)29-19-27(26-11-7-9-23-8-5-6-10-25(23)26)32(22(2)28(29)20-33)24-12-13-30(35-3)31(18-24)36-4/h5-13,18-19,21H,14-17H2,1-4H3. The predicted molar refractivity (Wildman–Crippen MR) is 148 cm³/mol. The number of nitrogens with zero attached hydrogens (tertiary/aromatic N) is 2. The lowest BCUT2D eigenvalue weighted by Gasteiger charge is -2.34. The predicted octanol–water partition coefficient (Wildman–Crippen LogP) is 7.61. The molecule has 0 saturated carbocycles. The van der Waals surface area contributed by atoms with E-state index in [0.29, 0.717) is 11.5 Å². The Morgan fingerprint density at radius 2 is 1.58 bits per heavy atom. The van der Waals surface area contributed by atoms with Crippen molar-refractivity contribution >= 4 is 16.5 Å². The molecule has 1 saturated heterocycles. The first kappa shape index (κ1) is 23.8. The van der Waals surface area contributed by atoms with Crippen LogP contribution in [0.4, 0.5) is 5.69 Å². The Hall–Kier alpha value is -3.97. The molecule has 0 radical (unpaired) electrons. The van der Waals surface area contributed by atoms with Crippen molar-refractivity contribution in [2.45, 2.75) is 26.7 Å². The minimum absolute atomic E-state index is 0.672. The van der Waals surface area contributed by atoms with Crippen LogP contribution in [0.25, 0.3) is 33.0 Å². The number of piperidine rings is 1. The number of rotatable bonds is 5. The third-order valence-corrected chi connectivity index (χ3v) is 7.54. The van der Waals surface area contributed by atoms with Crippen molar-refractivity contribution in [1.29, 1.82) is 5.26 Å². The van der Waals surface area contributed by atoms with Gasteiger partial charge in [0.15, 0.2) is 11.5 Å². The fourth-order valence-corrected chi connectivity index (χ4v) is 5.48. The van der Waals surface area contributed by atoms with E-state index in [-0.39, 0.29) is 0 Å². The molecule has 1 heterocycles. The zero-order chi connectivity index (χ0) is 25.2. The molecule has 1 fully saturated rings. The highest BCUT2D eigenvalue weighted by Gasteiger charge is 2.25. The summed E-state index contributed by atoms with van der Waals surface area (Å²) in [6.45, 7) is 6.34. The maximum absolute atomic E-state index is 10.3. The SMILES string of the molecule is COc1ccc(-c2c(-c3cccc4ccccc34)cc(N3CCC(C)CC3)c(C#N)c2C)cc1OC. The summed E-state index contributed by atoms with van der Waals surface area (Å²) in [4.78, 5) is 2.40. The Morgan fingerprint density at radius 1 is 0.861 bits per heavy atom. The largest absolute Gasteiger partial charge is 0.493 e. The molecule has 1 aliphatic rings. The second-order valence-electron chi connectivity index (χ2n) is 9.70. The van der Waals surface area contributed by atoms with Gasteiger partial charge in [-0.1, -0.05) is 55.5 Å². The lowest BCUT2D eigenvalue weighted by Crippen LogP contribution is -2.33. The molecule has 1 aliphatic heterocycles. The van der Waals surface area contributed by atoms with E-state index in [1.165, 1.54) is 10.8 Å². The van der Waals surface area contributed by atoms with Crippen molar-refractivity contribution in [3.63, 3.8) is 0 Å². The van der Waals surface area contributed by atoms with E-state index in [9.17, 15) is 5.26 Å². The monoisotopic (exact) mass is 476 g/mol. The van der Waals surface area contributed by atoms with Crippen molar-refractivity contribution < 1.29 is 9.47 Å². The summed E-state index contributed by atoms with van der Waals surface area (Å²) in [5, 5.41) is 12.7. The van der Waals surface area contributed by atoms with Crippen LogP contribution in [0.5, 0.6) is 11.5 Å². The summed E-state index contributed by atoms with van der Waals surface area (Å²) < 4.78 is 11.1. The van der Waals surface area contributed by atoms with Gasteiger partial charge in [-0.25, -0.2) is 0 Å². The molecule has 4 nitrogen and oxygen atoms in total. The normalized spacial score (nSPS) is 14.0. The second kappa shape index (κ2) is 9.95. The van der Waals surface area contributed by atoms with Crippen LogP contribution >= 0.6 is 0 Å². The zero-order valence-corrected chi connectivity index (χ0v) is 21.5. The summed E-state index contributed by atoms with van der Waals surface area (Å²) in [6.07, 6.45) is 2.29. The van der Waals surface area contributed by atoms with Gasteiger partial charge in [-0.15, -0.1) is 0 Å². The molecule has 0 bridgehead atoms. The van der Waals surface area contributed by atoms with Gasteiger partial charge >= 0.3 is 0 Å². The molecule has 4 aromatic rings. The lowest BCUT2D eigenvalue weighted by atomic mass is 9.85. The van der Waals surface area contributed by atoms with E-state index in [4.69, 9.17) is 9.47 Å². The van der Waals surface area contributed by atoms with E-state index in [1.807, 2.05) is 12.1 Å². The first-order valence-electron chi connectivity index (χ1n) is 12.6. The highest BCUT2D eigenvalue weighted by Crippen LogP contribution is 2.45. The molecule has 0 aromatic heterocycles. The van der Waals surface area contributed by atoms with Crippen LogP contribution < -0.4 is 14.4 Å². The molecule has 0 spiro atoms. The molecular formula is C32H32N2O2. The quantitative estimate of drug-likeness (QED) is 0.297. The molecule has 0 N–H and O–H groups in total. The molecule has 182 valence electrons. The minimum atomic E-state index is 0.672. The summed E-state index contributed by atoms with van der Waals surface area (Å²) in [5.41, 5.74) is 7.12. The molecule has 36 heavy (non-hydrogen) atoms. The summed E-state index contributed by atoms with van der Waals surface area (Å²) in [7, 11) is 3.30. The Labute approximate surface area is 213 Å².